The molecular formula is C15H22FNO2. The van der Waals surface area contributed by atoms with Crippen molar-refractivity contribution in [3.8, 4) is 0 Å². The van der Waals surface area contributed by atoms with Gasteiger partial charge >= 0.3 is 0 Å². The van der Waals surface area contributed by atoms with Gasteiger partial charge in [-0.2, -0.15) is 0 Å². The van der Waals surface area contributed by atoms with Crippen LogP contribution in [-0.2, 0) is 4.74 Å². The molecule has 3 nitrogen and oxygen atoms in total. The van der Waals surface area contributed by atoms with Crippen LogP contribution >= 0.6 is 0 Å². The first-order valence-electron chi connectivity index (χ1n) is 6.61. The van der Waals surface area contributed by atoms with Crippen LogP contribution in [0, 0.1) is 18.7 Å². The van der Waals surface area contributed by atoms with Gasteiger partial charge in [0.25, 0.3) is 5.91 Å². The SMILES string of the molecule is CCOCC(NC(=O)c1cccc(C)c1F)C(C)C. The third kappa shape index (κ3) is 4.31. The summed E-state index contributed by atoms with van der Waals surface area (Å²) in [5.74, 6) is -0.623. The van der Waals surface area contributed by atoms with Gasteiger partial charge in [0.15, 0.2) is 0 Å². The number of hydrogen-bond donors (Lipinski definition) is 1. The van der Waals surface area contributed by atoms with Gasteiger partial charge in [0.2, 0.25) is 0 Å². The smallest absolute Gasteiger partial charge is 0.254 e. The van der Waals surface area contributed by atoms with E-state index in [0.717, 1.165) is 0 Å². The number of hydrogen-bond acceptors (Lipinski definition) is 2. The average molecular weight is 267 g/mol. The van der Waals surface area contributed by atoms with Gasteiger partial charge in [-0.15, -0.1) is 0 Å². The molecule has 1 unspecified atom stereocenters. The largest absolute Gasteiger partial charge is 0.380 e. The summed E-state index contributed by atoms with van der Waals surface area (Å²) in [5.41, 5.74) is 0.556. The minimum absolute atomic E-state index is 0.0853. The van der Waals surface area contributed by atoms with E-state index in [0.29, 0.717) is 18.8 Å². The predicted octanol–water partition coefficient (Wildman–Crippen LogP) is 2.93. The lowest BCUT2D eigenvalue weighted by Gasteiger charge is -2.22. The molecule has 0 aromatic heterocycles. The lowest BCUT2D eigenvalue weighted by molar-refractivity contribution is 0.0802. The van der Waals surface area contributed by atoms with E-state index >= 15 is 0 Å². The van der Waals surface area contributed by atoms with Gasteiger partial charge in [0.05, 0.1) is 18.2 Å². The van der Waals surface area contributed by atoms with E-state index in [-0.39, 0.29) is 23.4 Å². The van der Waals surface area contributed by atoms with Crippen LogP contribution in [0.3, 0.4) is 0 Å². The van der Waals surface area contributed by atoms with Crippen molar-refractivity contribution >= 4 is 5.91 Å². The number of carbonyl (C=O) groups is 1. The Bertz CT molecular complexity index is 432. The number of aryl methyl sites for hydroxylation is 1. The lowest BCUT2D eigenvalue weighted by Crippen LogP contribution is -2.42. The highest BCUT2D eigenvalue weighted by atomic mass is 19.1. The first-order chi connectivity index (χ1) is 8.97. The summed E-state index contributed by atoms with van der Waals surface area (Å²) < 4.78 is 19.2. The Labute approximate surface area is 114 Å². The molecule has 1 N–H and O–H groups in total. The molecule has 1 aromatic rings. The van der Waals surface area contributed by atoms with Crippen LogP contribution in [-0.4, -0.2) is 25.2 Å². The number of halogens is 1. The van der Waals surface area contributed by atoms with E-state index in [1.807, 2.05) is 20.8 Å². The molecule has 0 radical (unpaired) electrons. The molecule has 1 aromatic carbocycles. The molecule has 0 aliphatic carbocycles. The Morgan fingerprint density at radius 3 is 2.68 bits per heavy atom. The number of rotatable bonds is 6. The fourth-order valence-electron chi connectivity index (χ4n) is 1.71. The van der Waals surface area contributed by atoms with Gasteiger partial charge in [-0.05, 0) is 31.4 Å². The number of ether oxygens (including phenoxy) is 1. The van der Waals surface area contributed by atoms with Crippen LogP contribution < -0.4 is 5.32 Å². The summed E-state index contributed by atoms with van der Waals surface area (Å²) in [5, 5.41) is 2.83. The van der Waals surface area contributed by atoms with E-state index in [4.69, 9.17) is 4.74 Å². The third-order valence-corrected chi connectivity index (χ3v) is 3.06. The molecule has 0 saturated carbocycles. The monoisotopic (exact) mass is 267 g/mol. The maximum Gasteiger partial charge on any atom is 0.254 e. The molecule has 0 bridgehead atoms. The molecule has 106 valence electrons. The molecular weight excluding hydrogens is 245 g/mol. The Kier molecular flexibility index (Phi) is 5.96. The topological polar surface area (TPSA) is 38.3 Å². The van der Waals surface area contributed by atoms with Gasteiger partial charge in [-0.1, -0.05) is 26.0 Å². The van der Waals surface area contributed by atoms with Crippen molar-refractivity contribution in [1.29, 1.82) is 0 Å². The number of benzene rings is 1. The highest BCUT2D eigenvalue weighted by molar-refractivity contribution is 5.94. The molecule has 0 heterocycles. The predicted molar refractivity (Wildman–Crippen MR) is 73.7 cm³/mol. The fraction of sp³-hybridized carbons (Fsp3) is 0.533. The zero-order valence-electron chi connectivity index (χ0n) is 12.0. The maximum atomic E-state index is 13.9. The molecule has 0 aliphatic heterocycles. The Hall–Kier alpha value is -1.42. The summed E-state index contributed by atoms with van der Waals surface area (Å²) >= 11 is 0. The Balaban J connectivity index is 2.79. The highest BCUT2D eigenvalue weighted by Crippen LogP contribution is 2.13. The molecule has 1 amide bonds. The van der Waals surface area contributed by atoms with Gasteiger partial charge < -0.3 is 10.1 Å². The zero-order chi connectivity index (χ0) is 14.4. The van der Waals surface area contributed by atoms with Crippen LogP contribution in [0.15, 0.2) is 18.2 Å². The summed E-state index contributed by atoms with van der Waals surface area (Å²) in [7, 11) is 0. The molecule has 19 heavy (non-hydrogen) atoms. The maximum absolute atomic E-state index is 13.9. The normalized spacial score (nSPS) is 12.5. The van der Waals surface area contributed by atoms with Crippen LogP contribution in [0.2, 0.25) is 0 Å². The van der Waals surface area contributed by atoms with Crippen molar-refractivity contribution in [3.63, 3.8) is 0 Å². The number of amides is 1. The van der Waals surface area contributed by atoms with Gasteiger partial charge in [0, 0.05) is 6.61 Å². The summed E-state index contributed by atoms with van der Waals surface area (Å²) in [6, 6.07) is 4.70. The van der Waals surface area contributed by atoms with E-state index < -0.39 is 5.82 Å². The van der Waals surface area contributed by atoms with Crippen LogP contribution in [0.1, 0.15) is 36.7 Å². The van der Waals surface area contributed by atoms with Gasteiger partial charge in [-0.3, -0.25) is 4.79 Å². The lowest BCUT2D eigenvalue weighted by atomic mass is 10.0. The molecule has 0 saturated heterocycles. The summed E-state index contributed by atoms with van der Waals surface area (Å²) in [4.78, 5) is 12.1. The third-order valence-electron chi connectivity index (χ3n) is 3.06. The fourth-order valence-corrected chi connectivity index (χ4v) is 1.71. The molecule has 0 aliphatic rings. The van der Waals surface area contributed by atoms with E-state index in [2.05, 4.69) is 5.32 Å². The molecule has 4 heteroatoms. The minimum Gasteiger partial charge on any atom is -0.380 e. The minimum atomic E-state index is -0.459. The van der Waals surface area contributed by atoms with Crippen molar-refractivity contribution in [2.75, 3.05) is 13.2 Å². The van der Waals surface area contributed by atoms with Crippen LogP contribution in [0.25, 0.3) is 0 Å². The summed E-state index contributed by atoms with van der Waals surface area (Å²) in [6.07, 6.45) is 0. The van der Waals surface area contributed by atoms with E-state index in [1.54, 1.807) is 19.1 Å². The van der Waals surface area contributed by atoms with Crippen molar-refractivity contribution in [2.45, 2.75) is 33.7 Å². The first-order valence-corrected chi connectivity index (χ1v) is 6.61. The van der Waals surface area contributed by atoms with E-state index in [9.17, 15) is 9.18 Å². The van der Waals surface area contributed by atoms with Crippen LogP contribution in [0.5, 0.6) is 0 Å². The van der Waals surface area contributed by atoms with Crippen molar-refractivity contribution in [2.24, 2.45) is 5.92 Å². The number of carbonyl (C=O) groups excluding carboxylic acids is 1. The summed E-state index contributed by atoms with van der Waals surface area (Å²) in [6.45, 7) is 8.57. The second-order valence-electron chi connectivity index (χ2n) is 4.92. The second-order valence-corrected chi connectivity index (χ2v) is 4.92. The second kappa shape index (κ2) is 7.24. The number of nitrogens with one attached hydrogen (secondary N) is 1. The van der Waals surface area contributed by atoms with Crippen molar-refractivity contribution in [3.05, 3.63) is 35.1 Å². The van der Waals surface area contributed by atoms with Crippen molar-refractivity contribution < 1.29 is 13.9 Å². The van der Waals surface area contributed by atoms with Gasteiger partial charge in [-0.25, -0.2) is 4.39 Å². The highest BCUT2D eigenvalue weighted by Gasteiger charge is 2.19. The molecule has 0 fully saturated rings. The Morgan fingerprint density at radius 2 is 2.11 bits per heavy atom. The first kappa shape index (κ1) is 15.6. The van der Waals surface area contributed by atoms with Crippen LogP contribution in [0.4, 0.5) is 4.39 Å². The average Bonchev–Trinajstić information content (AvgIpc) is 2.37. The van der Waals surface area contributed by atoms with E-state index in [1.165, 1.54) is 6.07 Å². The van der Waals surface area contributed by atoms with Gasteiger partial charge in [0.1, 0.15) is 5.82 Å². The standard InChI is InChI=1S/C15H22FNO2/c1-5-19-9-13(10(2)3)17-15(18)12-8-6-7-11(4)14(12)16/h6-8,10,13H,5,9H2,1-4H3,(H,17,18). The zero-order valence-corrected chi connectivity index (χ0v) is 12.0. The molecule has 0 spiro atoms. The molecule has 1 rings (SSSR count). The van der Waals surface area contributed by atoms with Crippen molar-refractivity contribution in [1.82, 2.24) is 5.32 Å². The quantitative estimate of drug-likeness (QED) is 0.860. The Morgan fingerprint density at radius 1 is 1.42 bits per heavy atom. The molecule has 1 atom stereocenters.